The van der Waals surface area contributed by atoms with Crippen molar-refractivity contribution in [3.05, 3.63) is 76.5 Å². The molecule has 4 rings (SSSR count). The van der Waals surface area contributed by atoms with Gasteiger partial charge in [0.25, 0.3) is 0 Å². The number of rotatable bonds is 6. The van der Waals surface area contributed by atoms with Gasteiger partial charge < -0.3 is 9.64 Å². The highest BCUT2D eigenvalue weighted by atomic mass is 32.1. The van der Waals surface area contributed by atoms with Crippen LogP contribution in [0.1, 0.15) is 34.5 Å². The molecule has 1 saturated heterocycles. The molecular weight excluding hydrogens is 391 g/mol. The van der Waals surface area contributed by atoms with Crippen molar-refractivity contribution in [2.45, 2.75) is 26.0 Å². The number of amides is 1. The molecule has 5 nitrogen and oxygen atoms in total. The van der Waals surface area contributed by atoms with E-state index in [1.807, 2.05) is 11.4 Å². The quantitative estimate of drug-likeness (QED) is 0.564. The van der Waals surface area contributed by atoms with Gasteiger partial charge in [0.1, 0.15) is 17.4 Å². The smallest absolute Gasteiger partial charge is 0.338 e. The summed E-state index contributed by atoms with van der Waals surface area (Å²) in [6.45, 7) is 1.33. The SMILES string of the molecule is O=C(OCc1csc(-c2ccc(F)cc2)n1)c1cccc(CN2CCCC2=O)c1. The van der Waals surface area contributed by atoms with E-state index in [2.05, 4.69) is 4.98 Å². The summed E-state index contributed by atoms with van der Waals surface area (Å²) in [5, 5.41) is 2.56. The minimum absolute atomic E-state index is 0.0609. The molecule has 7 heteroatoms. The Balaban J connectivity index is 1.37. The number of likely N-dealkylation sites (tertiary alicyclic amines) is 1. The lowest BCUT2D eigenvalue weighted by atomic mass is 10.1. The topological polar surface area (TPSA) is 59.5 Å². The van der Waals surface area contributed by atoms with E-state index in [1.165, 1.54) is 23.5 Å². The first-order valence-corrected chi connectivity index (χ1v) is 10.2. The second-order valence-corrected chi connectivity index (χ2v) is 7.70. The fraction of sp³-hybridized carbons (Fsp3) is 0.227. The average Bonchev–Trinajstić information content (AvgIpc) is 3.36. The summed E-state index contributed by atoms with van der Waals surface area (Å²) >= 11 is 1.41. The lowest BCUT2D eigenvalue weighted by Gasteiger charge is -2.15. The van der Waals surface area contributed by atoms with Gasteiger partial charge >= 0.3 is 5.97 Å². The minimum Gasteiger partial charge on any atom is -0.456 e. The molecule has 1 aliphatic rings. The number of hydrogen-bond acceptors (Lipinski definition) is 5. The van der Waals surface area contributed by atoms with E-state index in [-0.39, 0.29) is 18.3 Å². The predicted octanol–water partition coefficient (Wildman–Crippen LogP) is 4.43. The van der Waals surface area contributed by atoms with Crippen molar-refractivity contribution in [3.8, 4) is 10.6 Å². The van der Waals surface area contributed by atoms with Crippen LogP contribution >= 0.6 is 11.3 Å². The third kappa shape index (κ3) is 4.68. The van der Waals surface area contributed by atoms with Gasteiger partial charge in [-0.2, -0.15) is 0 Å². The van der Waals surface area contributed by atoms with E-state index in [4.69, 9.17) is 4.74 Å². The summed E-state index contributed by atoms with van der Waals surface area (Å²) in [5.41, 5.74) is 2.81. The molecule has 1 amide bonds. The standard InChI is InChI=1S/C22H19FN2O3S/c23-18-8-6-16(7-9-18)21-24-19(14-29-21)13-28-22(27)17-4-1-3-15(11-17)12-25-10-2-5-20(25)26/h1,3-4,6-9,11,14H,2,5,10,12-13H2. The minimum atomic E-state index is -0.434. The Bertz CT molecular complexity index is 1030. The number of carbonyl (C=O) groups excluding carboxylic acids is 2. The summed E-state index contributed by atoms with van der Waals surface area (Å²) < 4.78 is 18.4. The van der Waals surface area contributed by atoms with Gasteiger partial charge in [-0.05, 0) is 48.4 Å². The molecule has 0 atom stereocenters. The molecular formula is C22H19FN2O3S. The number of carbonyl (C=O) groups is 2. The van der Waals surface area contributed by atoms with E-state index >= 15 is 0 Å². The summed E-state index contributed by atoms with van der Waals surface area (Å²) in [5.74, 6) is -0.579. The third-order valence-corrected chi connectivity index (χ3v) is 5.64. The molecule has 1 fully saturated rings. The van der Waals surface area contributed by atoms with E-state index in [0.717, 1.165) is 29.1 Å². The van der Waals surface area contributed by atoms with Crippen LogP contribution in [0.5, 0.6) is 0 Å². The molecule has 1 aliphatic heterocycles. The van der Waals surface area contributed by atoms with Gasteiger partial charge in [-0.1, -0.05) is 12.1 Å². The average molecular weight is 410 g/mol. The number of benzene rings is 2. The molecule has 0 bridgehead atoms. The highest BCUT2D eigenvalue weighted by Gasteiger charge is 2.20. The molecule has 0 radical (unpaired) electrons. The largest absolute Gasteiger partial charge is 0.456 e. The number of esters is 1. The van der Waals surface area contributed by atoms with E-state index in [9.17, 15) is 14.0 Å². The van der Waals surface area contributed by atoms with Crippen molar-refractivity contribution in [2.24, 2.45) is 0 Å². The molecule has 1 aromatic heterocycles. The van der Waals surface area contributed by atoms with Crippen LogP contribution in [-0.4, -0.2) is 28.3 Å². The van der Waals surface area contributed by atoms with Gasteiger partial charge in [0.2, 0.25) is 5.91 Å². The van der Waals surface area contributed by atoms with Gasteiger partial charge in [-0.25, -0.2) is 14.2 Å². The first-order valence-electron chi connectivity index (χ1n) is 9.33. The zero-order chi connectivity index (χ0) is 20.2. The normalized spacial score (nSPS) is 13.7. The Morgan fingerprint density at radius 2 is 2.03 bits per heavy atom. The molecule has 0 unspecified atom stereocenters. The summed E-state index contributed by atoms with van der Waals surface area (Å²) in [7, 11) is 0. The van der Waals surface area contributed by atoms with Crippen LogP contribution in [0.25, 0.3) is 10.6 Å². The molecule has 0 saturated carbocycles. The Kier molecular flexibility index (Phi) is 5.67. The summed E-state index contributed by atoms with van der Waals surface area (Å²) in [4.78, 5) is 30.5. The molecule has 148 valence electrons. The first kappa shape index (κ1) is 19.3. The number of hydrogen-bond donors (Lipinski definition) is 0. The molecule has 0 spiro atoms. The van der Waals surface area contributed by atoms with Crippen LogP contribution in [0.15, 0.2) is 53.9 Å². The van der Waals surface area contributed by atoms with Crippen molar-refractivity contribution >= 4 is 23.2 Å². The maximum Gasteiger partial charge on any atom is 0.338 e. The van der Waals surface area contributed by atoms with Crippen molar-refractivity contribution < 1.29 is 18.7 Å². The number of aromatic nitrogens is 1. The van der Waals surface area contributed by atoms with Crippen LogP contribution in [0.3, 0.4) is 0 Å². The van der Waals surface area contributed by atoms with Crippen molar-refractivity contribution in [2.75, 3.05) is 6.54 Å². The Morgan fingerprint density at radius 3 is 2.79 bits per heavy atom. The van der Waals surface area contributed by atoms with E-state index in [0.29, 0.717) is 24.2 Å². The second-order valence-electron chi connectivity index (χ2n) is 6.85. The van der Waals surface area contributed by atoms with Gasteiger partial charge in [0.15, 0.2) is 0 Å². The Labute approximate surface area is 171 Å². The number of nitrogens with zero attached hydrogens (tertiary/aromatic N) is 2. The summed E-state index contributed by atoms with van der Waals surface area (Å²) in [6.07, 6.45) is 1.48. The Hall–Kier alpha value is -3.06. The Morgan fingerprint density at radius 1 is 1.21 bits per heavy atom. The van der Waals surface area contributed by atoms with Gasteiger partial charge in [0.05, 0.1) is 11.3 Å². The zero-order valence-corrected chi connectivity index (χ0v) is 16.5. The molecule has 29 heavy (non-hydrogen) atoms. The molecule has 3 aromatic rings. The van der Waals surface area contributed by atoms with Crippen LogP contribution in [0.4, 0.5) is 4.39 Å². The van der Waals surface area contributed by atoms with Crippen LogP contribution < -0.4 is 0 Å². The molecule has 0 aliphatic carbocycles. The maximum absolute atomic E-state index is 13.0. The van der Waals surface area contributed by atoms with Crippen LogP contribution in [0, 0.1) is 5.82 Å². The fourth-order valence-electron chi connectivity index (χ4n) is 3.21. The number of ether oxygens (including phenoxy) is 1. The van der Waals surface area contributed by atoms with Gasteiger partial charge in [-0.3, -0.25) is 4.79 Å². The highest BCUT2D eigenvalue weighted by Crippen LogP contribution is 2.24. The third-order valence-electron chi connectivity index (χ3n) is 4.70. The molecule has 0 N–H and O–H groups in total. The van der Waals surface area contributed by atoms with Crippen LogP contribution in [-0.2, 0) is 22.7 Å². The molecule has 2 aromatic carbocycles. The zero-order valence-electron chi connectivity index (χ0n) is 15.6. The van der Waals surface area contributed by atoms with Crippen molar-refractivity contribution in [1.29, 1.82) is 0 Å². The maximum atomic E-state index is 13.0. The van der Waals surface area contributed by atoms with Crippen molar-refractivity contribution in [3.63, 3.8) is 0 Å². The van der Waals surface area contributed by atoms with E-state index < -0.39 is 5.97 Å². The number of thiazole rings is 1. The fourth-order valence-corrected chi connectivity index (χ4v) is 4.02. The monoisotopic (exact) mass is 410 g/mol. The van der Waals surface area contributed by atoms with Gasteiger partial charge in [0, 0.05) is 30.5 Å². The lowest BCUT2D eigenvalue weighted by molar-refractivity contribution is -0.128. The lowest BCUT2D eigenvalue weighted by Crippen LogP contribution is -2.23. The second kappa shape index (κ2) is 8.53. The summed E-state index contributed by atoms with van der Waals surface area (Å²) in [6, 6.07) is 13.3. The van der Waals surface area contributed by atoms with E-state index in [1.54, 1.807) is 35.2 Å². The highest BCUT2D eigenvalue weighted by molar-refractivity contribution is 7.13. The predicted molar refractivity (Wildman–Crippen MR) is 108 cm³/mol. The van der Waals surface area contributed by atoms with Crippen molar-refractivity contribution in [1.82, 2.24) is 9.88 Å². The first-order chi connectivity index (χ1) is 14.1. The number of halogens is 1. The molecule has 2 heterocycles. The van der Waals surface area contributed by atoms with Crippen LogP contribution in [0.2, 0.25) is 0 Å². The van der Waals surface area contributed by atoms with Gasteiger partial charge in [-0.15, -0.1) is 11.3 Å².